The number of benzene rings is 1. The summed E-state index contributed by atoms with van der Waals surface area (Å²) in [7, 11) is 0. The summed E-state index contributed by atoms with van der Waals surface area (Å²) < 4.78 is 4.96. The number of hydrogen-bond donors (Lipinski definition) is 1. The smallest absolute Gasteiger partial charge is 0.325 e. The Morgan fingerprint density at radius 1 is 1.23 bits per heavy atom. The number of anilines is 1. The van der Waals surface area contributed by atoms with Gasteiger partial charge in [0.15, 0.2) is 5.96 Å². The van der Waals surface area contributed by atoms with Crippen LogP contribution in [0, 0.1) is 26.2 Å². The summed E-state index contributed by atoms with van der Waals surface area (Å²) in [5.74, 6) is 0.0968. The van der Waals surface area contributed by atoms with Crippen LogP contribution in [-0.4, -0.2) is 43.1 Å². The molecule has 1 heterocycles. The number of nitrogens with one attached hydrogen (secondary N) is 1. The minimum atomic E-state index is -0.276. The van der Waals surface area contributed by atoms with Crippen LogP contribution < -0.4 is 21.9 Å². The monoisotopic (exact) mass is 368 g/mol. The van der Waals surface area contributed by atoms with Crippen molar-refractivity contribution in [1.29, 1.82) is 5.41 Å². The van der Waals surface area contributed by atoms with E-state index in [1.807, 2.05) is 4.90 Å². The Hall–Kier alpha value is -1.56. The summed E-state index contributed by atoms with van der Waals surface area (Å²) in [6.45, 7) is 9.92. The molecule has 0 unspecified atom stereocenters. The average molecular weight is 369 g/mol. The van der Waals surface area contributed by atoms with Crippen LogP contribution in [0.2, 0.25) is 0 Å². The van der Waals surface area contributed by atoms with Crippen molar-refractivity contribution >= 4 is 17.6 Å². The fourth-order valence-electron chi connectivity index (χ4n) is 2.94. The summed E-state index contributed by atoms with van der Waals surface area (Å²) in [6, 6.07) is 4.26. The van der Waals surface area contributed by atoms with Crippen LogP contribution in [0.3, 0.4) is 0 Å². The van der Waals surface area contributed by atoms with Gasteiger partial charge in [0.05, 0.1) is 6.61 Å². The number of guanidine groups is 1. The molecule has 22 heavy (non-hydrogen) atoms. The highest BCUT2D eigenvalue weighted by Gasteiger charge is 2.29. The number of nitrogens with zero attached hydrogens (tertiary/aromatic N) is 2. The third-order valence-electron chi connectivity index (χ3n) is 3.68. The van der Waals surface area contributed by atoms with Gasteiger partial charge in [0, 0.05) is 18.8 Å². The first-order valence-electron chi connectivity index (χ1n) is 7.28. The van der Waals surface area contributed by atoms with E-state index in [1.165, 1.54) is 5.56 Å². The minimum Gasteiger partial charge on any atom is -1.00 e. The first kappa shape index (κ1) is 18.5. The Kier molecular flexibility index (Phi) is 6.41. The van der Waals surface area contributed by atoms with Gasteiger partial charge in [-0.2, -0.15) is 0 Å². The third kappa shape index (κ3) is 3.80. The van der Waals surface area contributed by atoms with Gasteiger partial charge in [-0.25, -0.2) is 0 Å². The number of hydrogen-bond acceptors (Lipinski definition) is 3. The molecule has 0 atom stereocenters. The highest BCUT2D eigenvalue weighted by Crippen LogP contribution is 2.28. The van der Waals surface area contributed by atoms with Gasteiger partial charge in [-0.15, -0.1) is 0 Å². The summed E-state index contributed by atoms with van der Waals surface area (Å²) in [5, 5.41) is 8.32. The summed E-state index contributed by atoms with van der Waals surface area (Å²) >= 11 is 0. The van der Waals surface area contributed by atoms with Gasteiger partial charge in [-0.3, -0.25) is 10.2 Å². The number of halogens is 1. The molecule has 0 amide bonds. The fourth-order valence-corrected chi connectivity index (χ4v) is 2.94. The van der Waals surface area contributed by atoms with Crippen LogP contribution in [0.1, 0.15) is 23.6 Å². The number of carbonyl (C=O) groups is 1. The summed E-state index contributed by atoms with van der Waals surface area (Å²) in [6.07, 6.45) is 0. The zero-order chi connectivity index (χ0) is 15.6. The van der Waals surface area contributed by atoms with Gasteiger partial charge < -0.3 is 31.5 Å². The Balaban J connectivity index is 0.00000242. The first-order valence-corrected chi connectivity index (χ1v) is 7.28. The van der Waals surface area contributed by atoms with Crippen molar-refractivity contribution < 1.29 is 26.5 Å². The van der Waals surface area contributed by atoms with E-state index >= 15 is 0 Å². The number of rotatable bonds is 4. The highest BCUT2D eigenvalue weighted by atomic mass is 79.9. The lowest BCUT2D eigenvalue weighted by Gasteiger charge is -2.24. The molecule has 0 aliphatic carbocycles. The topological polar surface area (TPSA) is 56.6 Å². The predicted octanol–water partition coefficient (Wildman–Crippen LogP) is -0.764. The van der Waals surface area contributed by atoms with E-state index < -0.39 is 0 Å². The Morgan fingerprint density at radius 2 is 1.82 bits per heavy atom. The molecule has 1 aromatic rings. The zero-order valence-corrected chi connectivity index (χ0v) is 15.2. The normalized spacial score (nSPS) is 14.1. The van der Waals surface area contributed by atoms with E-state index in [2.05, 4.69) is 32.9 Å². The Labute approximate surface area is 142 Å². The predicted molar refractivity (Wildman–Crippen MR) is 83.9 cm³/mol. The lowest BCUT2D eigenvalue weighted by Crippen LogP contribution is -3.00. The second kappa shape index (κ2) is 7.63. The number of esters is 1. The van der Waals surface area contributed by atoms with Gasteiger partial charge in [-0.05, 0) is 38.8 Å². The molecule has 1 aromatic carbocycles. The van der Waals surface area contributed by atoms with Crippen LogP contribution in [0.25, 0.3) is 0 Å². The zero-order valence-electron chi connectivity index (χ0n) is 13.6. The molecule has 0 aromatic heterocycles. The average Bonchev–Trinajstić information content (AvgIpc) is 2.71. The lowest BCUT2D eigenvalue weighted by molar-refractivity contribution is -0.143. The Morgan fingerprint density at radius 3 is 2.36 bits per heavy atom. The van der Waals surface area contributed by atoms with Crippen molar-refractivity contribution in [3.05, 3.63) is 28.8 Å². The van der Waals surface area contributed by atoms with Crippen LogP contribution >= 0.6 is 0 Å². The number of carbonyl (C=O) groups excluding carboxylic acids is 1. The van der Waals surface area contributed by atoms with Crippen LogP contribution in [0.15, 0.2) is 12.1 Å². The molecular formula is C16H23BrN3O2-. The van der Waals surface area contributed by atoms with Gasteiger partial charge in [0.25, 0.3) is 0 Å². The van der Waals surface area contributed by atoms with Gasteiger partial charge in [-0.1, -0.05) is 17.7 Å². The van der Waals surface area contributed by atoms with E-state index in [0.717, 1.165) is 23.4 Å². The van der Waals surface area contributed by atoms with Crippen molar-refractivity contribution in [3.63, 3.8) is 0 Å². The van der Waals surface area contributed by atoms with E-state index in [9.17, 15) is 4.79 Å². The maximum absolute atomic E-state index is 11.6. The standard InChI is InChI=1S/C16H23N3O2.BrH/c1-5-21-14(20)10-18-6-7-19(16(18)17)15-12(3)8-11(2)9-13(15)4;/h8-9,17H,5-7,10H2,1-4H3;1H/p-1. The van der Waals surface area contributed by atoms with Crippen molar-refractivity contribution in [2.24, 2.45) is 0 Å². The van der Waals surface area contributed by atoms with E-state index in [-0.39, 0.29) is 29.5 Å². The number of ether oxygens (including phenoxy) is 1. The van der Waals surface area contributed by atoms with Crippen LogP contribution in [-0.2, 0) is 9.53 Å². The fraction of sp³-hybridized carbons (Fsp3) is 0.500. The molecule has 2 rings (SSSR count). The molecule has 1 aliphatic rings. The van der Waals surface area contributed by atoms with E-state index in [0.29, 0.717) is 19.1 Å². The molecule has 1 saturated heterocycles. The first-order chi connectivity index (χ1) is 9.93. The van der Waals surface area contributed by atoms with Crippen LogP contribution in [0.5, 0.6) is 0 Å². The van der Waals surface area contributed by atoms with Crippen LogP contribution in [0.4, 0.5) is 5.69 Å². The molecule has 0 bridgehead atoms. The van der Waals surface area contributed by atoms with Crippen molar-refractivity contribution in [2.45, 2.75) is 27.7 Å². The molecule has 5 nitrogen and oxygen atoms in total. The SMILES string of the molecule is CCOC(=O)CN1CCN(c2c(C)cc(C)cc2C)C1=N.[Br-]. The molecular weight excluding hydrogens is 346 g/mol. The van der Waals surface area contributed by atoms with Gasteiger partial charge in [0.2, 0.25) is 0 Å². The maximum atomic E-state index is 11.6. The van der Waals surface area contributed by atoms with E-state index in [4.69, 9.17) is 10.1 Å². The quantitative estimate of drug-likeness (QED) is 0.709. The summed E-state index contributed by atoms with van der Waals surface area (Å²) in [4.78, 5) is 15.3. The van der Waals surface area contributed by atoms with Crippen molar-refractivity contribution in [1.82, 2.24) is 4.90 Å². The van der Waals surface area contributed by atoms with E-state index in [1.54, 1.807) is 11.8 Å². The third-order valence-corrected chi connectivity index (χ3v) is 3.68. The van der Waals surface area contributed by atoms with Crippen molar-refractivity contribution in [2.75, 3.05) is 31.1 Å². The Bertz CT molecular complexity index is 552. The molecule has 6 heteroatoms. The highest BCUT2D eigenvalue weighted by molar-refractivity contribution is 5.98. The molecule has 1 fully saturated rings. The van der Waals surface area contributed by atoms with Gasteiger partial charge >= 0.3 is 5.97 Å². The van der Waals surface area contributed by atoms with Gasteiger partial charge in [0.1, 0.15) is 6.54 Å². The molecule has 0 saturated carbocycles. The molecule has 1 N–H and O–H groups in total. The van der Waals surface area contributed by atoms with Crippen molar-refractivity contribution in [3.8, 4) is 0 Å². The summed E-state index contributed by atoms with van der Waals surface area (Å²) in [5.41, 5.74) is 4.63. The molecule has 0 radical (unpaired) electrons. The second-order valence-corrected chi connectivity index (χ2v) is 5.45. The molecule has 0 spiro atoms. The second-order valence-electron chi connectivity index (χ2n) is 5.45. The largest absolute Gasteiger partial charge is 1.00 e. The molecule has 122 valence electrons. The maximum Gasteiger partial charge on any atom is 0.325 e. The lowest BCUT2D eigenvalue weighted by atomic mass is 10.0. The molecule has 1 aliphatic heterocycles. The minimum absolute atomic E-state index is 0. The number of aryl methyl sites for hydroxylation is 3.